The molecule has 0 aromatic heterocycles. The van der Waals surface area contributed by atoms with Gasteiger partial charge in [0.2, 0.25) is 0 Å². The number of hydrogen-bond donors (Lipinski definition) is 1. The topological polar surface area (TPSA) is 95.2 Å². The Morgan fingerprint density at radius 3 is 2.31 bits per heavy atom. The molecule has 0 saturated heterocycles. The highest BCUT2D eigenvalue weighted by molar-refractivity contribution is 7.92. The molecule has 0 aliphatic rings. The van der Waals surface area contributed by atoms with Gasteiger partial charge in [-0.2, -0.15) is 5.26 Å². The fourth-order valence-electron chi connectivity index (χ4n) is 0.784. The first-order valence-electron chi connectivity index (χ1n) is 3.66. The monoisotopic (exact) mass is 205 g/mol. The molecule has 2 atom stereocenters. The summed E-state index contributed by atoms with van der Waals surface area (Å²) in [6.07, 6.45) is -0.464. The molecule has 13 heavy (non-hydrogen) atoms. The SMILES string of the molecule is CC(C#N)S(=O)(=O)C(C)CC(=O)O. The van der Waals surface area contributed by atoms with Crippen molar-refractivity contribution >= 4 is 15.8 Å². The highest BCUT2D eigenvalue weighted by Crippen LogP contribution is 2.11. The van der Waals surface area contributed by atoms with Crippen molar-refractivity contribution in [2.75, 3.05) is 0 Å². The highest BCUT2D eigenvalue weighted by atomic mass is 32.2. The lowest BCUT2D eigenvalue weighted by Crippen LogP contribution is -2.29. The molecule has 0 spiro atoms. The Morgan fingerprint density at radius 1 is 1.54 bits per heavy atom. The van der Waals surface area contributed by atoms with E-state index < -0.39 is 32.7 Å². The van der Waals surface area contributed by atoms with Crippen LogP contribution in [0.4, 0.5) is 0 Å². The molecule has 0 aromatic carbocycles. The van der Waals surface area contributed by atoms with E-state index in [1.54, 1.807) is 6.07 Å². The zero-order valence-electron chi connectivity index (χ0n) is 7.39. The number of carbonyl (C=O) groups is 1. The lowest BCUT2D eigenvalue weighted by Gasteiger charge is -2.11. The van der Waals surface area contributed by atoms with Gasteiger partial charge in [-0.15, -0.1) is 0 Å². The molecule has 0 aliphatic heterocycles. The Balaban J connectivity index is 4.67. The standard InChI is InChI=1S/C7H11NO4S/c1-5(3-7(9)10)13(11,12)6(2)4-8/h5-6H,3H2,1-2H3,(H,9,10). The van der Waals surface area contributed by atoms with Crippen LogP contribution in [0, 0.1) is 11.3 Å². The van der Waals surface area contributed by atoms with E-state index >= 15 is 0 Å². The number of hydrogen-bond acceptors (Lipinski definition) is 4. The molecule has 0 amide bonds. The van der Waals surface area contributed by atoms with Crippen LogP contribution in [-0.2, 0) is 14.6 Å². The zero-order valence-corrected chi connectivity index (χ0v) is 8.21. The molecule has 6 heteroatoms. The Bertz CT molecular complexity index is 327. The van der Waals surface area contributed by atoms with E-state index in [-0.39, 0.29) is 0 Å². The maximum atomic E-state index is 11.3. The number of aliphatic carboxylic acids is 1. The van der Waals surface area contributed by atoms with E-state index in [0.717, 1.165) is 0 Å². The van der Waals surface area contributed by atoms with Gasteiger partial charge in [-0.3, -0.25) is 4.79 Å². The van der Waals surface area contributed by atoms with E-state index in [1.807, 2.05) is 0 Å². The van der Waals surface area contributed by atoms with Gasteiger partial charge in [0.25, 0.3) is 0 Å². The van der Waals surface area contributed by atoms with Gasteiger partial charge in [0.05, 0.1) is 17.7 Å². The molecule has 0 rings (SSSR count). The molecule has 0 aromatic rings. The molecular weight excluding hydrogens is 194 g/mol. The van der Waals surface area contributed by atoms with Gasteiger partial charge < -0.3 is 5.11 Å². The largest absolute Gasteiger partial charge is 0.481 e. The highest BCUT2D eigenvalue weighted by Gasteiger charge is 2.29. The average molecular weight is 205 g/mol. The van der Waals surface area contributed by atoms with E-state index in [1.165, 1.54) is 13.8 Å². The Kier molecular flexibility index (Phi) is 3.88. The van der Waals surface area contributed by atoms with Crippen molar-refractivity contribution in [3.8, 4) is 6.07 Å². The lowest BCUT2D eigenvalue weighted by molar-refractivity contribution is -0.136. The summed E-state index contributed by atoms with van der Waals surface area (Å²) in [6, 6.07) is 1.58. The number of nitriles is 1. The van der Waals surface area contributed by atoms with Crippen LogP contribution in [0.1, 0.15) is 20.3 Å². The zero-order chi connectivity index (χ0) is 10.6. The van der Waals surface area contributed by atoms with Crippen LogP contribution in [0.15, 0.2) is 0 Å². The van der Waals surface area contributed by atoms with Gasteiger partial charge in [-0.25, -0.2) is 8.42 Å². The molecule has 0 aliphatic carbocycles. The van der Waals surface area contributed by atoms with Crippen LogP contribution in [0.25, 0.3) is 0 Å². The summed E-state index contributed by atoms with van der Waals surface area (Å²) in [6.45, 7) is 2.53. The van der Waals surface area contributed by atoms with E-state index in [2.05, 4.69) is 0 Å². The van der Waals surface area contributed by atoms with Crippen LogP contribution in [-0.4, -0.2) is 30.0 Å². The van der Waals surface area contributed by atoms with Crippen LogP contribution in [0.2, 0.25) is 0 Å². The summed E-state index contributed by atoms with van der Waals surface area (Å²) in [7, 11) is -3.63. The molecule has 5 nitrogen and oxygen atoms in total. The Hall–Kier alpha value is -1.09. The predicted octanol–water partition coefficient (Wildman–Crippen LogP) is 0.176. The molecule has 1 N–H and O–H groups in total. The number of rotatable bonds is 4. The first-order valence-corrected chi connectivity index (χ1v) is 5.27. The van der Waals surface area contributed by atoms with Crippen molar-refractivity contribution in [3.05, 3.63) is 0 Å². The number of sulfone groups is 1. The van der Waals surface area contributed by atoms with Gasteiger partial charge >= 0.3 is 5.97 Å². The first-order chi connectivity index (χ1) is 5.82. The summed E-state index contributed by atoms with van der Waals surface area (Å²) < 4.78 is 22.6. The van der Waals surface area contributed by atoms with Gasteiger partial charge in [-0.1, -0.05) is 0 Å². The summed E-state index contributed by atoms with van der Waals surface area (Å²) >= 11 is 0. The number of carboxylic acid groups (broad SMARTS) is 1. The van der Waals surface area contributed by atoms with Crippen molar-refractivity contribution in [1.29, 1.82) is 5.26 Å². The molecule has 0 fully saturated rings. The smallest absolute Gasteiger partial charge is 0.304 e. The molecule has 0 radical (unpaired) electrons. The van der Waals surface area contributed by atoms with Crippen LogP contribution in [0.3, 0.4) is 0 Å². The van der Waals surface area contributed by atoms with Crippen molar-refractivity contribution in [3.63, 3.8) is 0 Å². The summed E-state index contributed by atoms with van der Waals surface area (Å²) in [5.41, 5.74) is 0. The molecular formula is C7H11NO4S. The predicted molar refractivity (Wildman–Crippen MR) is 45.7 cm³/mol. The third-order valence-electron chi connectivity index (χ3n) is 1.70. The van der Waals surface area contributed by atoms with Crippen LogP contribution in [0.5, 0.6) is 0 Å². The molecule has 2 unspecified atom stereocenters. The van der Waals surface area contributed by atoms with Crippen LogP contribution >= 0.6 is 0 Å². The summed E-state index contributed by atoms with van der Waals surface area (Å²) in [5.74, 6) is -1.18. The number of carboxylic acids is 1. The maximum Gasteiger partial charge on any atom is 0.304 e. The summed E-state index contributed by atoms with van der Waals surface area (Å²) in [4.78, 5) is 10.2. The first kappa shape index (κ1) is 11.9. The van der Waals surface area contributed by atoms with Gasteiger partial charge in [0.15, 0.2) is 9.84 Å². The Labute approximate surface area is 76.9 Å². The minimum Gasteiger partial charge on any atom is -0.481 e. The second-order valence-corrected chi connectivity index (χ2v) is 5.46. The third kappa shape index (κ3) is 3.03. The van der Waals surface area contributed by atoms with E-state index in [0.29, 0.717) is 0 Å². The fourth-order valence-corrected chi connectivity index (χ4v) is 2.00. The normalized spacial score (nSPS) is 15.8. The van der Waals surface area contributed by atoms with E-state index in [9.17, 15) is 13.2 Å². The van der Waals surface area contributed by atoms with Crippen molar-refractivity contribution in [1.82, 2.24) is 0 Å². The van der Waals surface area contributed by atoms with Gasteiger partial charge in [0, 0.05) is 0 Å². The fraction of sp³-hybridized carbons (Fsp3) is 0.714. The third-order valence-corrected chi connectivity index (χ3v) is 4.08. The van der Waals surface area contributed by atoms with Crippen molar-refractivity contribution in [2.45, 2.75) is 30.8 Å². The maximum absolute atomic E-state index is 11.3. The molecule has 74 valence electrons. The second-order valence-electron chi connectivity index (χ2n) is 2.77. The molecule has 0 heterocycles. The minimum atomic E-state index is -3.63. The average Bonchev–Trinajstić information content (AvgIpc) is 2.01. The van der Waals surface area contributed by atoms with Crippen molar-refractivity contribution in [2.24, 2.45) is 0 Å². The van der Waals surface area contributed by atoms with Crippen LogP contribution < -0.4 is 0 Å². The quantitative estimate of drug-likeness (QED) is 0.706. The summed E-state index contributed by atoms with van der Waals surface area (Å²) in [5, 5.41) is 14.6. The van der Waals surface area contributed by atoms with Crippen molar-refractivity contribution < 1.29 is 18.3 Å². The number of nitrogens with zero attached hydrogens (tertiary/aromatic N) is 1. The molecule has 0 bridgehead atoms. The van der Waals surface area contributed by atoms with Gasteiger partial charge in [0.1, 0.15) is 5.25 Å². The van der Waals surface area contributed by atoms with E-state index in [4.69, 9.17) is 10.4 Å². The van der Waals surface area contributed by atoms with Gasteiger partial charge in [-0.05, 0) is 13.8 Å². The minimum absolute atomic E-state index is 0.464. The lowest BCUT2D eigenvalue weighted by atomic mass is 10.3. The molecule has 0 saturated carbocycles. The second kappa shape index (κ2) is 4.23. The Morgan fingerprint density at radius 2 is 2.00 bits per heavy atom.